The van der Waals surface area contributed by atoms with Crippen molar-refractivity contribution in [3.63, 3.8) is 0 Å². The molecule has 3 nitrogen and oxygen atoms in total. The van der Waals surface area contributed by atoms with E-state index >= 15 is 0 Å². The molecule has 15 heavy (non-hydrogen) atoms. The van der Waals surface area contributed by atoms with Crippen LogP contribution in [0.5, 0.6) is 0 Å². The van der Waals surface area contributed by atoms with Crippen molar-refractivity contribution in [2.45, 2.75) is 6.54 Å². The van der Waals surface area contributed by atoms with Crippen LogP contribution in [0.3, 0.4) is 0 Å². The van der Waals surface area contributed by atoms with Gasteiger partial charge in [0.05, 0.1) is 17.2 Å². The first-order valence-corrected chi connectivity index (χ1v) is 4.38. The maximum atomic E-state index is 11.8. The van der Waals surface area contributed by atoms with Crippen molar-refractivity contribution in [3.05, 3.63) is 53.6 Å². The molecule has 1 heterocycles. The fourth-order valence-electron chi connectivity index (χ4n) is 1.38. The SMILES string of the molecule is C=CCn1cnc2ccccc2c1=O.Cl. The van der Waals surface area contributed by atoms with E-state index in [1.807, 2.05) is 18.2 Å². The molecule has 0 fully saturated rings. The number of hydrogen-bond donors (Lipinski definition) is 0. The number of allylic oxidation sites excluding steroid dienone is 1. The number of nitrogens with zero attached hydrogens (tertiary/aromatic N) is 2. The maximum absolute atomic E-state index is 11.8. The summed E-state index contributed by atoms with van der Waals surface area (Å²) in [4.78, 5) is 16.0. The molecule has 0 spiro atoms. The Morgan fingerprint density at radius 3 is 2.87 bits per heavy atom. The molecule has 2 aromatic rings. The molecule has 0 amide bonds. The summed E-state index contributed by atoms with van der Waals surface area (Å²) < 4.78 is 1.54. The van der Waals surface area contributed by atoms with Gasteiger partial charge in [-0.15, -0.1) is 19.0 Å². The molecule has 2 rings (SSSR count). The third kappa shape index (κ3) is 2.07. The van der Waals surface area contributed by atoms with E-state index in [-0.39, 0.29) is 18.0 Å². The van der Waals surface area contributed by atoms with Crippen LogP contribution in [-0.2, 0) is 6.54 Å². The van der Waals surface area contributed by atoms with Crippen LogP contribution in [0, 0.1) is 0 Å². The van der Waals surface area contributed by atoms with Gasteiger partial charge in [0, 0.05) is 6.54 Å². The van der Waals surface area contributed by atoms with E-state index in [9.17, 15) is 4.79 Å². The van der Waals surface area contributed by atoms with Crippen molar-refractivity contribution in [2.24, 2.45) is 0 Å². The highest BCUT2D eigenvalue weighted by molar-refractivity contribution is 5.85. The smallest absolute Gasteiger partial charge is 0.261 e. The van der Waals surface area contributed by atoms with E-state index in [1.165, 1.54) is 4.57 Å². The van der Waals surface area contributed by atoms with Gasteiger partial charge in [0.2, 0.25) is 0 Å². The molecule has 0 aliphatic carbocycles. The standard InChI is InChI=1S/C11H10N2O.ClH/c1-2-7-13-8-12-10-6-4-3-5-9(10)11(13)14;/h2-6,8H,1,7H2;1H. The highest BCUT2D eigenvalue weighted by atomic mass is 35.5. The summed E-state index contributed by atoms with van der Waals surface area (Å²) in [5, 5.41) is 0.650. The monoisotopic (exact) mass is 222 g/mol. The second kappa shape index (κ2) is 4.75. The Morgan fingerprint density at radius 1 is 1.40 bits per heavy atom. The van der Waals surface area contributed by atoms with Crippen molar-refractivity contribution in [3.8, 4) is 0 Å². The van der Waals surface area contributed by atoms with Crippen LogP contribution in [0.2, 0.25) is 0 Å². The fraction of sp³-hybridized carbons (Fsp3) is 0.0909. The Hall–Kier alpha value is -1.61. The molecule has 0 aliphatic heterocycles. The quantitative estimate of drug-likeness (QED) is 0.729. The van der Waals surface area contributed by atoms with Crippen LogP contribution in [0.1, 0.15) is 0 Å². The lowest BCUT2D eigenvalue weighted by atomic mass is 10.2. The van der Waals surface area contributed by atoms with Crippen molar-refractivity contribution in [1.29, 1.82) is 0 Å². The molecular formula is C11H11ClN2O. The van der Waals surface area contributed by atoms with E-state index < -0.39 is 0 Å². The minimum atomic E-state index is -0.0181. The molecular weight excluding hydrogens is 212 g/mol. The zero-order chi connectivity index (χ0) is 9.97. The number of para-hydroxylation sites is 1. The number of aromatic nitrogens is 2. The van der Waals surface area contributed by atoms with Crippen LogP contribution >= 0.6 is 12.4 Å². The average molecular weight is 223 g/mol. The molecule has 78 valence electrons. The van der Waals surface area contributed by atoms with Gasteiger partial charge in [0.25, 0.3) is 5.56 Å². The highest BCUT2D eigenvalue weighted by Gasteiger charge is 2.00. The van der Waals surface area contributed by atoms with E-state index in [2.05, 4.69) is 11.6 Å². The minimum absolute atomic E-state index is 0. The van der Waals surface area contributed by atoms with Gasteiger partial charge < -0.3 is 0 Å². The van der Waals surface area contributed by atoms with E-state index in [1.54, 1.807) is 18.5 Å². The summed E-state index contributed by atoms with van der Waals surface area (Å²) in [7, 11) is 0. The molecule has 1 aromatic heterocycles. The third-order valence-corrected chi connectivity index (χ3v) is 2.06. The molecule has 0 saturated carbocycles. The topological polar surface area (TPSA) is 34.9 Å². The lowest BCUT2D eigenvalue weighted by Crippen LogP contribution is -2.19. The number of benzene rings is 1. The lowest BCUT2D eigenvalue weighted by molar-refractivity contribution is 0.768. The van der Waals surface area contributed by atoms with Crippen molar-refractivity contribution < 1.29 is 0 Å². The number of hydrogen-bond acceptors (Lipinski definition) is 2. The first-order chi connectivity index (χ1) is 6.83. The highest BCUT2D eigenvalue weighted by Crippen LogP contribution is 2.04. The molecule has 4 heteroatoms. The zero-order valence-electron chi connectivity index (χ0n) is 8.09. The Morgan fingerprint density at radius 2 is 2.13 bits per heavy atom. The third-order valence-electron chi connectivity index (χ3n) is 2.06. The van der Waals surface area contributed by atoms with E-state index in [4.69, 9.17) is 0 Å². The molecule has 0 aliphatic rings. The first kappa shape index (κ1) is 11.5. The average Bonchev–Trinajstić information content (AvgIpc) is 2.23. The predicted molar refractivity (Wildman–Crippen MR) is 63.4 cm³/mol. The van der Waals surface area contributed by atoms with Gasteiger partial charge in [-0.1, -0.05) is 18.2 Å². The summed E-state index contributed by atoms with van der Waals surface area (Å²) in [6.45, 7) is 4.09. The number of halogens is 1. The van der Waals surface area contributed by atoms with Crippen molar-refractivity contribution in [1.82, 2.24) is 9.55 Å². The maximum Gasteiger partial charge on any atom is 0.261 e. The molecule has 0 atom stereocenters. The van der Waals surface area contributed by atoms with Gasteiger partial charge in [-0.3, -0.25) is 9.36 Å². The van der Waals surface area contributed by atoms with Gasteiger partial charge in [-0.25, -0.2) is 4.98 Å². The van der Waals surface area contributed by atoms with E-state index in [0.29, 0.717) is 11.9 Å². The Bertz CT molecular complexity index is 533. The van der Waals surface area contributed by atoms with Gasteiger partial charge >= 0.3 is 0 Å². The summed E-state index contributed by atoms with van der Waals surface area (Å²) in [6, 6.07) is 7.31. The van der Waals surface area contributed by atoms with E-state index in [0.717, 1.165) is 5.52 Å². The first-order valence-electron chi connectivity index (χ1n) is 4.38. The van der Waals surface area contributed by atoms with Crippen LogP contribution < -0.4 is 5.56 Å². The number of fused-ring (bicyclic) bond motifs is 1. The normalized spacial score (nSPS) is 9.60. The van der Waals surface area contributed by atoms with Crippen LogP contribution in [-0.4, -0.2) is 9.55 Å². The molecule has 1 aromatic carbocycles. The summed E-state index contributed by atoms with van der Waals surface area (Å²) in [5.74, 6) is 0. The molecule has 0 unspecified atom stereocenters. The number of rotatable bonds is 2. The van der Waals surface area contributed by atoms with Gasteiger partial charge in [-0.2, -0.15) is 0 Å². The van der Waals surface area contributed by atoms with Crippen molar-refractivity contribution in [2.75, 3.05) is 0 Å². The predicted octanol–water partition coefficient (Wildman–Crippen LogP) is 2.00. The van der Waals surface area contributed by atoms with Crippen molar-refractivity contribution >= 4 is 23.3 Å². The molecule has 0 radical (unpaired) electrons. The molecule has 0 bridgehead atoms. The van der Waals surface area contributed by atoms with Gasteiger partial charge in [0.1, 0.15) is 0 Å². The second-order valence-electron chi connectivity index (χ2n) is 3.01. The summed E-state index contributed by atoms with van der Waals surface area (Å²) in [5.41, 5.74) is 0.716. The zero-order valence-corrected chi connectivity index (χ0v) is 8.91. The minimum Gasteiger partial charge on any atom is -0.295 e. The van der Waals surface area contributed by atoms with Crippen LogP contribution in [0.4, 0.5) is 0 Å². The lowest BCUT2D eigenvalue weighted by Gasteiger charge is -2.02. The Kier molecular flexibility index (Phi) is 3.63. The molecule has 0 N–H and O–H groups in total. The second-order valence-corrected chi connectivity index (χ2v) is 3.01. The Balaban J connectivity index is 0.00000112. The van der Waals surface area contributed by atoms with Crippen LogP contribution in [0.15, 0.2) is 48.0 Å². The summed E-state index contributed by atoms with van der Waals surface area (Å²) in [6.07, 6.45) is 3.23. The largest absolute Gasteiger partial charge is 0.295 e. The fourth-order valence-corrected chi connectivity index (χ4v) is 1.38. The summed E-state index contributed by atoms with van der Waals surface area (Å²) >= 11 is 0. The molecule has 0 saturated heterocycles. The van der Waals surface area contributed by atoms with Gasteiger partial charge in [-0.05, 0) is 12.1 Å². The van der Waals surface area contributed by atoms with Crippen LogP contribution in [0.25, 0.3) is 10.9 Å². The Labute approximate surface area is 93.5 Å². The van der Waals surface area contributed by atoms with Gasteiger partial charge in [0.15, 0.2) is 0 Å².